The van der Waals surface area contributed by atoms with Gasteiger partial charge in [-0.25, -0.2) is 8.42 Å². The molecule has 0 saturated carbocycles. The number of sulfonamides is 1. The summed E-state index contributed by atoms with van der Waals surface area (Å²) in [6, 6.07) is 11.3. The van der Waals surface area contributed by atoms with E-state index in [9.17, 15) is 18.0 Å². The van der Waals surface area contributed by atoms with Crippen LogP contribution in [-0.4, -0.2) is 50.7 Å². The minimum Gasteiger partial charge on any atom is -0.379 e. The van der Waals surface area contributed by atoms with E-state index >= 15 is 0 Å². The van der Waals surface area contributed by atoms with Gasteiger partial charge in [-0.1, -0.05) is 13.0 Å². The highest BCUT2D eigenvalue weighted by Crippen LogP contribution is 2.24. The van der Waals surface area contributed by atoms with Gasteiger partial charge in [-0.2, -0.15) is 4.31 Å². The molecule has 0 radical (unpaired) electrons. The van der Waals surface area contributed by atoms with Gasteiger partial charge in [-0.05, 0) is 55.3 Å². The minimum absolute atomic E-state index is 0.0593. The van der Waals surface area contributed by atoms with E-state index in [-0.39, 0.29) is 16.2 Å². The normalized spacial score (nSPS) is 15.1. The van der Waals surface area contributed by atoms with Crippen molar-refractivity contribution in [1.29, 1.82) is 0 Å². The predicted octanol–water partition coefficient (Wildman–Crippen LogP) is 2.72. The zero-order valence-corrected chi connectivity index (χ0v) is 17.3. The number of hydrogen-bond donors (Lipinski definition) is 1. The molecule has 3 rings (SSSR count). The zero-order valence-electron chi connectivity index (χ0n) is 16.5. The van der Waals surface area contributed by atoms with Gasteiger partial charge in [0.25, 0.3) is 5.91 Å². The number of hydrogen-bond acceptors (Lipinski definition) is 5. The van der Waals surface area contributed by atoms with E-state index in [1.165, 1.54) is 17.3 Å². The summed E-state index contributed by atoms with van der Waals surface area (Å²) in [5.74, 6) is -0.474. The van der Waals surface area contributed by atoms with E-state index in [1.54, 1.807) is 36.4 Å². The number of carbonyl (C=O) groups excluding carboxylic acids is 2. The Balaban J connectivity index is 1.87. The molecular formula is C21H24N2O5S. The number of morpholine rings is 1. The summed E-state index contributed by atoms with van der Waals surface area (Å²) in [4.78, 5) is 24.2. The first-order valence-corrected chi connectivity index (χ1v) is 10.9. The SMILES string of the molecule is CCc1ccc(C(=O)Nc2ccc(C(C)=O)cc2)cc1S(=O)(=O)N1CCOCC1. The molecule has 0 atom stereocenters. The van der Waals surface area contributed by atoms with Crippen molar-refractivity contribution in [3.63, 3.8) is 0 Å². The molecule has 8 heteroatoms. The van der Waals surface area contributed by atoms with Crippen molar-refractivity contribution in [2.24, 2.45) is 0 Å². The Morgan fingerprint density at radius 3 is 2.24 bits per heavy atom. The van der Waals surface area contributed by atoms with Crippen molar-refractivity contribution in [3.05, 3.63) is 59.2 Å². The molecule has 1 aliphatic heterocycles. The molecule has 2 aromatic carbocycles. The second-order valence-corrected chi connectivity index (χ2v) is 8.69. The van der Waals surface area contributed by atoms with Gasteiger partial charge in [-0.15, -0.1) is 0 Å². The van der Waals surface area contributed by atoms with Crippen LogP contribution in [0.3, 0.4) is 0 Å². The van der Waals surface area contributed by atoms with Gasteiger partial charge in [0.15, 0.2) is 5.78 Å². The maximum absolute atomic E-state index is 13.1. The summed E-state index contributed by atoms with van der Waals surface area (Å²) in [7, 11) is -3.71. The maximum Gasteiger partial charge on any atom is 0.255 e. The number of Topliss-reactive ketones (excluding diaryl/α,β-unsaturated/α-hetero) is 1. The average Bonchev–Trinajstić information content (AvgIpc) is 2.74. The van der Waals surface area contributed by atoms with Crippen molar-refractivity contribution < 1.29 is 22.7 Å². The molecule has 1 aliphatic rings. The Kier molecular flexibility index (Phi) is 6.46. The summed E-state index contributed by atoms with van der Waals surface area (Å²) in [5.41, 5.74) is 2.00. The lowest BCUT2D eigenvalue weighted by molar-refractivity contribution is 0.0730. The van der Waals surface area contributed by atoms with Crippen molar-refractivity contribution in [1.82, 2.24) is 4.31 Å². The third-order valence-corrected chi connectivity index (χ3v) is 6.83. The molecule has 1 fully saturated rings. The molecule has 1 N–H and O–H groups in total. The van der Waals surface area contributed by atoms with Gasteiger partial charge in [0.05, 0.1) is 18.1 Å². The van der Waals surface area contributed by atoms with Crippen molar-refractivity contribution in [2.45, 2.75) is 25.2 Å². The van der Waals surface area contributed by atoms with E-state index in [1.807, 2.05) is 6.92 Å². The molecular weight excluding hydrogens is 392 g/mol. The number of amides is 1. The molecule has 1 saturated heterocycles. The van der Waals surface area contributed by atoms with E-state index < -0.39 is 15.9 Å². The number of nitrogens with zero attached hydrogens (tertiary/aromatic N) is 1. The van der Waals surface area contributed by atoms with Crippen LogP contribution in [0.15, 0.2) is 47.4 Å². The van der Waals surface area contributed by atoms with Gasteiger partial charge < -0.3 is 10.1 Å². The van der Waals surface area contributed by atoms with Crippen molar-refractivity contribution in [3.8, 4) is 0 Å². The van der Waals surface area contributed by atoms with Gasteiger partial charge in [0.2, 0.25) is 10.0 Å². The van der Waals surface area contributed by atoms with E-state index in [4.69, 9.17) is 4.74 Å². The minimum atomic E-state index is -3.71. The number of ether oxygens (including phenoxy) is 1. The fourth-order valence-corrected chi connectivity index (χ4v) is 4.87. The molecule has 0 unspecified atom stereocenters. The van der Waals surface area contributed by atoms with Crippen LogP contribution < -0.4 is 5.32 Å². The Bertz CT molecular complexity index is 1010. The lowest BCUT2D eigenvalue weighted by atomic mass is 10.1. The molecule has 7 nitrogen and oxygen atoms in total. The smallest absolute Gasteiger partial charge is 0.255 e. The lowest BCUT2D eigenvalue weighted by Gasteiger charge is -2.27. The first kappa shape index (κ1) is 21.2. The Hall–Kier alpha value is -2.55. The molecule has 0 aliphatic carbocycles. The third-order valence-electron chi connectivity index (χ3n) is 4.85. The summed E-state index contributed by atoms with van der Waals surface area (Å²) >= 11 is 0. The van der Waals surface area contributed by atoms with Crippen LogP contribution >= 0.6 is 0 Å². The summed E-state index contributed by atoms with van der Waals surface area (Å²) in [6.07, 6.45) is 0.535. The van der Waals surface area contributed by atoms with E-state index in [0.29, 0.717) is 49.5 Å². The monoisotopic (exact) mass is 416 g/mol. The highest BCUT2D eigenvalue weighted by atomic mass is 32.2. The van der Waals surface area contributed by atoms with Gasteiger partial charge in [0.1, 0.15) is 0 Å². The quantitative estimate of drug-likeness (QED) is 0.731. The number of anilines is 1. The average molecular weight is 416 g/mol. The molecule has 0 aromatic heterocycles. The Labute approximate surface area is 170 Å². The molecule has 1 amide bonds. The number of benzene rings is 2. The van der Waals surface area contributed by atoms with Crippen LogP contribution in [0.4, 0.5) is 5.69 Å². The lowest BCUT2D eigenvalue weighted by Crippen LogP contribution is -2.41. The predicted molar refractivity (Wildman–Crippen MR) is 110 cm³/mol. The first-order chi connectivity index (χ1) is 13.8. The van der Waals surface area contributed by atoms with Crippen LogP contribution in [0.5, 0.6) is 0 Å². The highest BCUT2D eigenvalue weighted by molar-refractivity contribution is 7.89. The summed E-state index contributed by atoms with van der Waals surface area (Å²) in [5, 5.41) is 2.74. The standard InChI is InChI=1S/C21H24N2O5S/c1-3-16-4-5-18(14-20(16)29(26,27)23-10-12-28-13-11-23)21(25)22-19-8-6-17(7-9-19)15(2)24/h4-9,14H,3,10-13H2,1-2H3,(H,22,25). The number of aryl methyl sites for hydroxylation is 1. The second-order valence-electron chi connectivity index (χ2n) is 6.78. The largest absolute Gasteiger partial charge is 0.379 e. The second kappa shape index (κ2) is 8.86. The Morgan fingerprint density at radius 2 is 1.66 bits per heavy atom. The number of nitrogens with one attached hydrogen (secondary N) is 1. The third kappa shape index (κ3) is 4.72. The number of rotatable bonds is 6. The fourth-order valence-electron chi connectivity index (χ4n) is 3.15. The molecule has 1 heterocycles. The number of ketones is 1. The van der Waals surface area contributed by atoms with Crippen molar-refractivity contribution >= 4 is 27.4 Å². The molecule has 0 bridgehead atoms. The topological polar surface area (TPSA) is 92.8 Å². The van der Waals surface area contributed by atoms with E-state index in [2.05, 4.69) is 5.32 Å². The van der Waals surface area contributed by atoms with E-state index in [0.717, 1.165) is 0 Å². The van der Waals surface area contributed by atoms with Gasteiger partial charge in [0, 0.05) is 29.9 Å². The summed E-state index contributed by atoms with van der Waals surface area (Å²) in [6.45, 7) is 4.66. The molecule has 154 valence electrons. The highest BCUT2D eigenvalue weighted by Gasteiger charge is 2.29. The van der Waals surface area contributed by atoms with Crippen LogP contribution in [0.1, 0.15) is 40.1 Å². The maximum atomic E-state index is 13.1. The van der Waals surface area contributed by atoms with Crippen molar-refractivity contribution in [2.75, 3.05) is 31.6 Å². The Morgan fingerprint density at radius 1 is 1.03 bits per heavy atom. The van der Waals surface area contributed by atoms with Crippen LogP contribution in [0.2, 0.25) is 0 Å². The van der Waals surface area contributed by atoms with Crippen LogP contribution in [0, 0.1) is 0 Å². The fraction of sp³-hybridized carbons (Fsp3) is 0.333. The van der Waals surface area contributed by atoms with Crippen LogP contribution in [0.25, 0.3) is 0 Å². The number of carbonyl (C=O) groups is 2. The molecule has 29 heavy (non-hydrogen) atoms. The zero-order chi connectivity index (χ0) is 21.0. The first-order valence-electron chi connectivity index (χ1n) is 9.46. The van der Waals surface area contributed by atoms with Crippen LogP contribution in [-0.2, 0) is 21.2 Å². The van der Waals surface area contributed by atoms with Gasteiger partial charge >= 0.3 is 0 Å². The molecule has 0 spiro atoms. The van der Waals surface area contributed by atoms with Gasteiger partial charge in [-0.3, -0.25) is 9.59 Å². The summed E-state index contributed by atoms with van der Waals surface area (Å²) < 4.78 is 32.9. The molecule has 2 aromatic rings.